The van der Waals surface area contributed by atoms with E-state index in [1.807, 2.05) is 35.7 Å². The van der Waals surface area contributed by atoms with Crippen molar-refractivity contribution in [3.05, 3.63) is 69.5 Å². The van der Waals surface area contributed by atoms with E-state index in [0.29, 0.717) is 11.0 Å². The molecular formula is C22H21BrN2O2S. The van der Waals surface area contributed by atoms with Gasteiger partial charge in [-0.05, 0) is 57.2 Å². The number of carbonyl (C=O) groups excluding carboxylic acids is 1. The van der Waals surface area contributed by atoms with Crippen molar-refractivity contribution in [2.24, 2.45) is 0 Å². The van der Waals surface area contributed by atoms with Crippen LogP contribution < -0.4 is 10.1 Å². The number of hydrogen-bond donors (Lipinski definition) is 1. The van der Waals surface area contributed by atoms with E-state index in [1.165, 1.54) is 23.0 Å². The molecule has 0 aliphatic rings. The first kappa shape index (κ1) is 20.3. The fourth-order valence-electron chi connectivity index (χ4n) is 2.60. The Morgan fingerprint density at radius 1 is 1.21 bits per heavy atom. The van der Waals surface area contributed by atoms with Gasteiger partial charge < -0.3 is 4.74 Å². The molecule has 28 heavy (non-hydrogen) atoms. The minimum atomic E-state index is -0.204. The first-order valence-electron chi connectivity index (χ1n) is 8.84. The Morgan fingerprint density at radius 3 is 2.61 bits per heavy atom. The zero-order valence-electron chi connectivity index (χ0n) is 15.9. The quantitative estimate of drug-likeness (QED) is 0.439. The fraction of sp³-hybridized carbons (Fsp3) is 0.182. The number of rotatable bonds is 6. The van der Waals surface area contributed by atoms with Crippen LogP contribution in [0.2, 0.25) is 0 Å². The summed E-state index contributed by atoms with van der Waals surface area (Å²) in [5.74, 6) is 1.05. The van der Waals surface area contributed by atoms with Crippen LogP contribution in [0.3, 0.4) is 0 Å². The molecule has 0 fully saturated rings. The summed E-state index contributed by atoms with van der Waals surface area (Å²) in [4.78, 5) is 16.7. The number of benzene rings is 2. The number of halogens is 1. The van der Waals surface area contributed by atoms with Gasteiger partial charge in [-0.15, -0.1) is 11.3 Å². The van der Waals surface area contributed by atoms with E-state index in [9.17, 15) is 4.79 Å². The summed E-state index contributed by atoms with van der Waals surface area (Å²) in [5, 5.41) is 5.29. The van der Waals surface area contributed by atoms with Crippen LogP contribution in [-0.2, 0) is 4.79 Å². The molecule has 0 aliphatic carbocycles. The number of hydrogen-bond acceptors (Lipinski definition) is 4. The molecule has 1 amide bonds. The molecule has 1 N–H and O–H groups in total. The summed E-state index contributed by atoms with van der Waals surface area (Å²) < 4.78 is 6.10. The number of amides is 1. The van der Waals surface area contributed by atoms with E-state index in [-0.39, 0.29) is 5.91 Å². The van der Waals surface area contributed by atoms with Crippen molar-refractivity contribution in [1.29, 1.82) is 0 Å². The predicted octanol–water partition coefficient (Wildman–Crippen LogP) is 6.36. The molecular weight excluding hydrogens is 436 g/mol. The average Bonchev–Trinajstić information content (AvgIpc) is 3.15. The summed E-state index contributed by atoms with van der Waals surface area (Å²) in [5.41, 5.74) is 4.02. The van der Waals surface area contributed by atoms with E-state index in [4.69, 9.17) is 4.74 Å². The Kier molecular flexibility index (Phi) is 6.65. The van der Waals surface area contributed by atoms with Gasteiger partial charge >= 0.3 is 0 Å². The number of nitrogens with one attached hydrogen (secondary N) is 1. The maximum Gasteiger partial charge on any atom is 0.250 e. The van der Waals surface area contributed by atoms with Crippen LogP contribution in [-0.4, -0.2) is 18.0 Å². The topological polar surface area (TPSA) is 51.2 Å². The maximum absolute atomic E-state index is 12.2. The van der Waals surface area contributed by atoms with Crippen molar-refractivity contribution in [1.82, 2.24) is 4.98 Å². The summed E-state index contributed by atoms with van der Waals surface area (Å²) in [7, 11) is 1.63. The summed E-state index contributed by atoms with van der Waals surface area (Å²) in [6, 6.07) is 14.0. The molecule has 0 saturated carbocycles. The number of thiazole rings is 1. The van der Waals surface area contributed by atoms with E-state index >= 15 is 0 Å². The van der Waals surface area contributed by atoms with Gasteiger partial charge in [0.25, 0.3) is 0 Å². The van der Waals surface area contributed by atoms with Crippen LogP contribution in [0, 0.1) is 0 Å². The van der Waals surface area contributed by atoms with Gasteiger partial charge in [0, 0.05) is 17.0 Å². The van der Waals surface area contributed by atoms with Crippen LogP contribution in [0.1, 0.15) is 30.9 Å². The van der Waals surface area contributed by atoms with E-state index in [1.54, 1.807) is 13.2 Å². The van der Waals surface area contributed by atoms with E-state index in [0.717, 1.165) is 27.0 Å². The lowest BCUT2D eigenvalue weighted by atomic mass is 10.0. The van der Waals surface area contributed by atoms with Crippen LogP contribution in [0.4, 0.5) is 5.13 Å². The second-order valence-corrected chi connectivity index (χ2v) is 8.24. The third kappa shape index (κ3) is 5.09. The second kappa shape index (κ2) is 9.17. The highest BCUT2D eigenvalue weighted by atomic mass is 79.9. The molecule has 0 spiro atoms. The zero-order valence-corrected chi connectivity index (χ0v) is 18.3. The van der Waals surface area contributed by atoms with Crippen molar-refractivity contribution in [2.75, 3.05) is 12.4 Å². The molecule has 144 valence electrons. The lowest BCUT2D eigenvalue weighted by Crippen LogP contribution is -2.07. The number of anilines is 1. The monoisotopic (exact) mass is 456 g/mol. The minimum absolute atomic E-state index is 0.204. The van der Waals surface area contributed by atoms with Gasteiger partial charge in [0.1, 0.15) is 5.75 Å². The van der Waals surface area contributed by atoms with Gasteiger partial charge in [-0.25, -0.2) is 4.98 Å². The molecule has 0 bridgehead atoms. The molecule has 0 saturated heterocycles. The number of methoxy groups -OCH3 is 1. The Hall–Kier alpha value is -2.44. The van der Waals surface area contributed by atoms with E-state index in [2.05, 4.69) is 52.2 Å². The van der Waals surface area contributed by atoms with Crippen molar-refractivity contribution < 1.29 is 9.53 Å². The Morgan fingerprint density at radius 2 is 1.96 bits per heavy atom. The van der Waals surface area contributed by atoms with Gasteiger partial charge in [0.15, 0.2) is 5.13 Å². The van der Waals surface area contributed by atoms with Crippen molar-refractivity contribution in [3.8, 4) is 17.0 Å². The lowest BCUT2D eigenvalue weighted by molar-refractivity contribution is -0.111. The molecule has 0 unspecified atom stereocenters. The lowest BCUT2D eigenvalue weighted by Gasteiger charge is -2.04. The first-order valence-corrected chi connectivity index (χ1v) is 10.5. The molecule has 1 aromatic heterocycles. The summed E-state index contributed by atoms with van der Waals surface area (Å²) in [6.45, 7) is 4.32. The number of aromatic nitrogens is 1. The molecule has 6 heteroatoms. The SMILES string of the molecule is COc1ccc(-c2csc(NC(=O)/C=C/c3ccc(C(C)C)cc3)n2)cc1Br. The summed E-state index contributed by atoms with van der Waals surface area (Å²) >= 11 is 4.87. The second-order valence-electron chi connectivity index (χ2n) is 6.53. The fourth-order valence-corrected chi connectivity index (χ4v) is 3.86. The highest BCUT2D eigenvalue weighted by molar-refractivity contribution is 9.10. The zero-order chi connectivity index (χ0) is 20.1. The van der Waals surface area contributed by atoms with Gasteiger partial charge in [-0.2, -0.15) is 0 Å². The predicted molar refractivity (Wildman–Crippen MR) is 120 cm³/mol. The normalized spacial score (nSPS) is 11.2. The molecule has 3 aromatic rings. The van der Waals surface area contributed by atoms with Crippen molar-refractivity contribution >= 4 is 44.4 Å². The Balaban J connectivity index is 1.64. The number of nitrogens with zero attached hydrogens (tertiary/aromatic N) is 1. The molecule has 3 rings (SSSR count). The standard InChI is InChI=1S/C22H21BrN2O2S/c1-14(2)16-7-4-15(5-8-16)6-11-21(26)25-22-24-19(13-28-22)17-9-10-20(27-3)18(23)12-17/h4-14H,1-3H3,(H,24,25,26)/b11-6+. The largest absolute Gasteiger partial charge is 0.496 e. The molecule has 1 heterocycles. The Labute approximate surface area is 177 Å². The summed E-state index contributed by atoms with van der Waals surface area (Å²) in [6.07, 6.45) is 3.32. The highest BCUT2D eigenvalue weighted by Crippen LogP contribution is 2.32. The molecule has 0 atom stereocenters. The van der Waals surface area contributed by atoms with Crippen LogP contribution >= 0.6 is 27.3 Å². The van der Waals surface area contributed by atoms with Gasteiger partial charge in [-0.3, -0.25) is 10.1 Å². The molecule has 0 aliphatic heterocycles. The van der Waals surface area contributed by atoms with Crippen LogP contribution in [0.5, 0.6) is 5.75 Å². The third-order valence-corrected chi connectivity index (χ3v) is 5.59. The Bertz CT molecular complexity index is 994. The van der Waals surface area contributed by atoms with Crippen molar-refractivity contribution in [3.63, 3.8) is 0 Å². The first-order chi connectivity index (χ1) is 13.5. The highest BCUT2D eigenvalue weighted by Gasteiger charge is 2.09. The maximum atomic E-state index is 12.2. The van der Waals surface area contributed by atoms with Crippen LogP contribution in [0.25, 0.3) is 17.3 Å². The smallest absolute Gasteiger partial charge is 0.250 e. The molecule has 0 radical (unpaired) electrons. The number of ether oxygens (including phenoxy) is 1. The van der Waals surface area contributed by atoms with Gasteiger partial charge in [-0.1, -0.05) is 38.1 Å². The third-order valence-electron chi connectivity index (χ3n) is 4.21. The van der Waals surface area contributed by atoms with Crippen LogP contribution in [0.15, 0.2) is 58.4 Å². The van der Waals surface area contributed by atoms with Gasteiger partial charge in [0.2, 0.25) is 5.91 Å². The molecule has 2 aromatic carbocycles. The molecule has 4 nitrogen and oxygen atoms in total. The number of carbonyl (C=O) groups is 1. The average molecular weight is 457 g/mol. The minimum Gasteiger partial charge on any atom is -0.496 e. The van der Waals surface area contributed by atoms with E-state index < -0.39 is 0 Å². The van der Waals surface area contributed by atoms with Crippen molar-refractivity contribution in [2.45, 2.75) is 19.8 Å². The van der Waals surface area contributed by atoms with Gasteiger partial charge in [0.05, 0.1) is 17.3 Å².